The molecule has 81 heavy (non-hydrogen) atoms. The largest absolute Gasteiger partial charge is 0.490 e. The predicted molar refractivity (Wildman–Crippen MR) is 339 cm³/mol. The van der Waals surface area contributed by atoms with Crippen LogP contribution in [-0.2, 0) is 4.74 Å². The minimum atomic E-state index is -1.87. The second-order valence-corrected chi connectivity index (χ2v) is 24.7. The molecule has 1 fully saturated rings. The molecule has 470 valence electrons. The van der Waals surface area contributed by atoms with E-state index in [-0.39, 0.29) is 18.6 Å². The maximum atomic E-state index is 14.6. The third-order valence-corrected chi connectivity index (χ3v) is 17.2. The predicted octanol–water partition coefficient (Wildman–Crippen LogP) is 19.5. The minimum Gasteiger partial charge on any atom is -0.490 e. The lowest BCUT2D eigenvalue weighted by molar-refractivity contribution is -0.0546. The molecule has 0 radical (unpaired) electrons. The van der Waals surface area contributed by atoms with Gasteiger partial charge in [-0.3, -0.25) is 15.4 Å². The van der Waals surface area contributed by atoms with Crippen molar-refractivity contribution in [3.8, 4) is 17.2 Å². The molecule has 11 heteroatoms. The van der Waals surface area contributed by atoms with E-state index in [1.807, 2.05) is 0 Å². The second-order valence-electron chi connectivity index (χ2n) is 24.7. The van der Waals surface area contributed by atoms with E-state index in [2.05, 4.69) is 26.1 Å². The lowest BCUT2D eigenvalue weighted by Gasteiger charge is -2.36. The highest BCUT2D eigenvalue weighted by molar-refractivity contribution is 6.07. The van der Waals surface area contributed by atoms with E-state index in [0.717, 1.165) is 38.5 Å². The number of nitrogens with zero attached hydrogens (tertiary/aromatic N) is 1. The standard InChI is InChI=1S/C70H127N3O8/c1-4-7-10-13-16-19-22-25-28-31-34-37-40-43-46-49-54-78-63-57-61(68(76)70(71)52-53-73(69(77)72-70)66-59-62(75)65(60-74)81-66)58-64(79-55-50-47-44-41-38-35-32-29-26-23-20-17-14-11-8-5-2)67(63)80-56-51-48-45-42-39-36-33-30-27-24-21-18-15-12-9-6-3/h52-53,57-58,62,65-66,74-75H,4-51,54-56,59-60,71H2,1-3H3,(H,72,77)/t62-,65+,66+,70?/m0/s1. The number of carbonyl (C=O) groups is 2. The zero-order valence-corrected chi connectivity index (χ0v) is 52.9. The summed E-state index contributed by atoms with van der Waals surface area (Å²) in [6.45, 7) is 7.95. The van der Waals surface area contributed by atoms with Gasteiger partial charge < -0.3 is 34.5 Å². The van der Waals surface area contributed by atoms with Crippen molar-refractivity contribution < 1.29 is 38.7 Å². The first kappa shape index (κ1) is 72.4. The van der Waals surface area contributed by atoms with Crippen LogP contribution in [0.25, 0.3) is 0 Å². The monoisotopic (exact) mass is 1140 g/mol. The van der Waals surface area contributed by atoms with Crippen molar-refractivity contribution in [1.29, 1.82) is 0 Å². The molecule has 4 atom stereocenters. The Kier molecular flexibility index (Phi) is 44.2. The van der Waals surface area contributed by atoms with Gasteiger partial charge >= 0.3 is 6.03 Å². The number of unbranched alkanes of at least 4 members (excludes halogenated alkanes) is 45. The number of benzene rings is 1. The highest BCUT2D eigenvalue weighted by Crippen LogP contribution is 2.41. The molecule has 2 amide bonds. The van der Waals surface area contributed by atoms with Crippen LogP contribution in [0.5, 0.6) is 17.2 Å². The number of aliphatic hydroxyl groups excluding tert-OH is 2. The minimum absolute atomic E-state index is 0.121. The molecule has 0 saturated carbocycles. The first-order valence-electron chi connectivity index (χ1n) is 34.9. The SMILES string of the molecule is CCCCCCCCCCCCCCCCCCOc1cc(C(=O)C2(N)C=CN([C@H]3C[C@H](O)[C@@H](CO)O3)C(=O)N2)cc(OCCCCCCCCCCCCCCCCCC)c1OCCCCCCCCCCCCCCCCCC. The molecule has 2 aliphatic rings. The summed E-state index contributed by atoms with van der Waals surface area (Å²) in [4.78, 5) is 29.4. The Morgan fingerprint density at radius 3 is 1.10 bits per heavy atom. The van der Waals surface area contributed by atoms with Crippen LogP contribution >= 0.6 is 0 Å². The fourth-order valence-electron chi connectivity index (χ4n) is 11.8. The average Bonchev–Trinajstić information content (AvgIpc) is 4.05. The number of hydrogen-bond donors (Lipinski definition) is 4. The van der Waals surface area contributed by atoms with Crippen LogP contribution < -0.4 is 25.3 Å². The summed E-state index contributed by atoms with van der Waals surface area (Å²) in [5.74, 6) is 0.924. The normalized spacial score (nSPS) is 18.0. The fraction of sp³-hybridized carbons (Fsp3) is 0.857. The van der Waals surface area contributed by atoms with E-state index in [0.29, 0.717) is 37.1 Å². The van der Waals surface area contributed by atoms with Crippen molar-refractivity contribution in [2.24, 2.45) is 5.73 Å². The number of Topliss-reactive ketones (excluding diaryl/α,β-unsaturated/α-hetero) is 1. The maximum Gasteiger partial charge on any atom is 0.325 e. The van der Waals surface area contributed by atoms with E-state index in [9.17, 15) is 19.8 Å². The summed E-state index contributed by atoms with van der Waals surface area (Å²) in [5, 5.41) is 22.7. The summed E-state index contributed by atoms with van der Waals surface area (Å²) in [5.41, 5.74) is 5.15. The molecule has 2 heterocycles. The number of urea groups is 1. The number of carbonyl (C=O) groups excluding carboxylic acids is 2. The van der Waals surface area contributed by atoms with Gasteiger partial charge in [0.2, 0.25) is 11.5 Å². The molecule has 3 rings (SSSR count). The van der Waals surface area contributed by atoms with Gasteiger partial charge in [0.25, 0.3) is 0 Å². The van der Waals surface area contributed by atoms with Gasteiger partial charge in [-0.1, -0.05) is 310 Å². The molecule has 2 aliphatic heterocycles. The van der Waals surface area contributed by atoms with Gasteiger partial charge in [0.05, 0.1) is 32.5 Å². The molecule has 0 spiro atoms. The van der Waals surface area contributed by atoms with E-state index in [1.54, 1.807) is 12.1 Å². The fourth-order valence-corrected chi connectivity index (χ4v) is 11.8. The van der Waals surface area contributed by atoms with Gasteiger partial charge in [0.15, 0.2) is 17.2 Å². The van der Waals surface area contributed by atoms with E-state index in [4.69, 9.17) is 24.7 Å². The number of hydrogen-bond acceptors (Lipinski definition) is 9. The summed E-state index contributed by atoms with van der Waals surface area (Å²) in [6, 6.07) is 2.79. The molecule has 1 aromatic rings. The first-order chi connectivity index (χ1) is 39.8. The topological polar surface area (TPSA) is 153 Å². The highest BCUT2D eigenvalue weighted by Gasteiger charge is 2.44. The van der Waals surface area contributed by atoms with Crippen molar-refractivity contribution in [2.45, 2.75) is 359 Å². The van der Waals surface area contributed by atoms with Crippen molar-refractivity contribution >= 4 is 11.8 Å². The van der Waals surface area contributed by atoms with Gasteiger partial charge in [-0.2, -0.15) is 0 Å². The molecular weight excluding hydrogens is 1010 g/mol. The third kappa shape index (κ3) is 34.0. The number of nitrogens with two attached hydrogens (primary N) is 1. The quantitative estimate of drug-likeness (QED) is 0.0369. The molecule has 0 aromatic heterocycles. The Morgan fingerprint density at radius 1 is 0.519 bits per heavy atom. The molecule has 1 saturated heterocycles. The lowest BCUT2D eigenvalue weighted by atomic mass is 9.96. The molecule has 1 aromatic carbocycles. The van der Waals surface area contributed by atoms with Gasteiger partial charge in [0, 0.05) is 18.2 Å². The number of nitrogens with one attached hydrogen (secondary N) is 1. The lowest BCUT2D eigenvalue weighted by Crippen LogP contribution is -2.65. The summed E-state index contributed by atoms with van der Waals surface area (Å²) < 4.78 is 25.6. The number of amides is 2. The van der Waals surface area contributed by atoms with Gasteiger partial charge in [-0.05, 0) is 37.5 Å². The van der Waals surface area contributed by atoms with Crippen molar-refractivity contribution in [1.82, 2.24) is 10.2 Å². The van der Waals surface area contributed by atoms with E-state index >= 15 is 0 Å². The Labute approximate surface area is 497 Å². The van der Waals surface area contributed by atoms with Crippen LogP contribution in [0.4, 0.5) is 4.79 Å². The first-order valence-corrected chi connectivity index (χ1v) is 34.9. The van der Waals surface area contributed by atoms with Crippen LogP contribution in [0.1, 0.15) is 346 Å². The van der Waals surface area contributed by atoms with E-state index in [1.165, 1.54) is 287 Å². The second kappa shape index (κ2) is 49.4. The zero-order valence-electron chi connectivity index (χ0n) is 52.9. The van der Waals surface area contributed by atoms with Crippen molar-refractivity contribution in [2.75, 3.05) is 26.4 Å². The molecular formula is C70H127N3O8. The Hall–Kier alpha value is -2.86. The van der Waals surface area contributed by atoms with Crippen molar-refractivity contribution in [3.05, 3.63) is 30.0 Å². The number of ketones is 1. The number of ether oxygens (including phenoxy) is 4. The van der Waals surface area contributed by atoms with Gasteiger partial charge in [-0.15, -0.1) is 0 Å². The molecule has 5 N–H and O–H groups in total. The number of rotatable bonds is 58. The Morgan fingerprint density at radius 2 is 0.815 bits per heavy atom. The highest BCUT2D eigenvalue weighted by atomic mass is 16.6. The molecule has 0 aliphatic carbocycles. The summed E-state index contributed by atoms with van der Waals surface area (Å²) in [6.07, 6.45) is 62.7. The van der Waals surface area contributed by atoms with Crippen LogP contribution in [0.15, 0.2) is 24.4 Å². The Balaban J connectivity index is 1.61. The zero-order chi connectivity index (χ0) is 58.1. The Bertz CT molecular complexity index is 1640. The van der Waals surface area contributed by atoms with Crippen LogP contribution in [0.2, 0.25) is 0 Å². The van der Waals surface area contributed by atoms with Gasteiger partial charge in [0.1, 0.15) is 12.3 Å². The van der Waals surface area contributed by atoms with Crippen LogP contribution in [-0.4, -0.2) is 77.5 Å². The smallest absolute Gasteiger partial charge is 0.325 e. The summed E-state index contributed by atoms with van der Waals surface area (Å²) in [7, 11) is 0. The number of aliphatic hydroxyl groups is 2. The van der Waals surface area contributed by atoms with Crippen LogP contribution in [0, 0.1) is 0 Å². The van der Waals surface area contributed by atoms with Crippen LogP contribution in [0.3, 0.4) is 0 Å². The van der Waals surface area contributed by atoms with E-state index < -0.39 is 35.9 Å². The third-order valence-electron chi connectivity index (χ3n) is 17.2. The molecule has 11 nitrogen and oxygen atoms in total. The summed E-state index contributed by atoms with van der Waals surface area (Å²) >= 11 is 0. The average molecular weight is 1140 g/mol. The molecule has 0 bridgehead atoms. The molecule has 1 unspecified atom stereocenters. The maximum absolute atomic E-state index is 14.6. The van der Waals surface area contributed by atoms with Gasteiger partial charge in [-0.25, -0.2) is 4.79 Å². The van der Waals surface area contributed by atoms with Crippen molar-refractivity contribution in [3.63, 3.8) is 0 Å².